The van der Waals surface area contributed by atoms with Gasteiger partial charge in [0, 0.05) is 17.9 Å². The lowest BCUT2D eigenvalue weighted by Crippen LogP contribution is -2.23. The normalized spacial score (nSPS) is 10.9. The summed E-state index contributed by atoms with van der Waals surface area (Å²) in [4.78, 5) is 32.1. The van der Waals surface area contributed by atoms with Crippen LogP contribution in [-0.4, -0.2) is 42.5 Å². The molecule has 1 aromatic heterocycles. The molecule has 176 valence electrons. The highest BCUT2D eigenvalue weighted by molar-refractivity contribution is 7.86. The second kappa shape index (κ2) is 11.1. The first-order valence-electron chi connectivity index (χ1n) is 9.97. The Bertz CT molecular complexity index is 1170. The first-order valence-corrected chi connectivity index (χ1v) is 11.8. The Morgan fingerprint density at radius 2 is 1.97 bits per heavy atom. The monoisotopic (exact) mass is 475 g/mol. The minimum atomic E-state index is -3.87. The number of hydrogen-bond donors (Lipinski definition) is 4. The number of carbonyl (C=O) groups excluding carboxylic acids is 2. The van der Waals surface area contributed by atoms with Gasteiger partial charge in [-0.1, -0.05) is 13.8 Å². The summed E-state index contributed by atoms with van der Waals surface area (Å²) >= 11 is 0. The van der Waals surface area contributed by atoms with E-state index in [1.54, 1.807) is 6.07 Å². The van der Waals surface area contributed by atoms with E-state index in [0.29, 0.717) is 5.69 Å². The molecule has 5 N–H and O–H groups in total. The molecule has 2 aromatic rings. The van der Waals surface area contributed by atoms with Crippen LogP contribution in [-0.2, 0) is 14.9 Å². The fourth-order valence-corrected chi connectivity index (χ4v) is 3.23. The molecule has 0 bridgehead atoms. The number of nitrogens with one attached hydrogen (secondary N) is 3. The Kier molecular flexibility index (Phi) is 8.52. The van der Waals surface area contributed by atoms with Crippen LogP contribution in [0.1, 0.15) is 43.5 Å². The number of amides is 2. The van der Waals surface area contributed by atoms with E-state index in [1.165, 1.54) is 24.4 Å². The third-order valence-electron chi connectivity index (χ3n) is 4.37. The van der Waals surface area contributed by atoms with Gasteiger partial charge in [-0.05, 0) is 31.0 Å². The lowest BCUT2D eigenvalue weighted by molar-refractivity contribution is -0.115. The SMILES string of the molecule is CCC(CC)Nc1nc(Nc2ccc(OS(C)(=O)=O)c(NC(=O)CC#N)c2)ncc1C(N)=O. The van der Waals surface area contributed by atoms with Gasteiger partial charge in [0.1, 0.15) is 12.2 Å². The zero-order chi connectivity index (χ0) is 24.6. The molecule has 0 saturated carbocycles. The summed E-state index contributed by atoms with van der Waals surface area (Å²) in [6, 6.07) is 5.98. The first-order chi connectivity index (χ1) is 15.6. The van der Waals surface area contributed by atoms with Gasteiger partial charge in [0.15, 0.2) is 5.75 Å². The third kappa shape index (κ3) is 7.62. The topological polar surface area (TPSA) is 189 Å². The molecule has 2 amide bonds. The fraction of sp³-hybridized carbons (Fsp3) is 0.350. The highest BCUT2D eigenvalue weighted by Gasteiger charge is 2.17. The molecule has 0 aliphatic heterocycles. The smallest absolute Gasteiger partial charge is 0.306 e. The zero-order valence-corrected chi connectivity index (χ0v) is 19.2. The number of nitrogens with two attached hydrogens (primary N) is 1. The van der Waals surface area contributed by atoms with Crippen LogP contribution in [0.2, 0.25) is 0 Å². The molecule has 0 atom stereocenters. The van der Waals surface area contributed by atoms with Crippen molar-refractivity contribution in [2.75, 3.05) is 22.2 Å². The highest BCUT2D eigenvalue weighted by Crippen LogP contribution is 2.30. The lowest BCUT2D eigenvalue weighted by Gasteiger charge is -2.18. The van der Waals surface area contributed by atoms with E-state index >= 15 is 0 Å². The molecule has 0 aliphatic carbocycles. The third-order valence-corrected chi connectivity index (χ3v) is 4.85. The van der Waals surface area contributed by atoms with Crippen molar-refractivity contribution in [3.63, 3.8) is 0 Å². The summed E-state index contributed by atoms with van der Waals surface area (Å²) in [6.07, 6.45) is 3.32. The standard InChI is InChI=1S/C20H25N7O5S/c1-4-12(5-2)24-19-14(18(22)29)11-23-20(27-19)25-13-6-7-16(32-33(3,30)31)15(10-13)26-17(28)8-9-21/h6-7,10-12H,4-5,8H2,1-3H3,(H2,22,29)(H,26,28)(H2,23,24,25,27). The predicted molar refractivity (Wildman–Crippen MR) is 123 cm³/mol. The number of aromatic nitrogens is 2. The largest absolute Gasteiger partial charge is 0.380 e. The summed E-state index contributed by atoms with van der Waals surface area (Å²) < 4.78 is 28.0. The summed E-state index contributed by atoms with van der Waals surface area (Å²) in [6.45, 7) is 3.99. The van der Waals surface area contributed by atoms with E-state index < -0.39 is 28.4 Å². The van der Waals surface area contributed by atoms with Gasteiger partial charge >= 0.3 is 10.1 Å². The molecule has 33 heavy (non-hydrogen) atoms. The molecule has 0 radical (unpaired) electrons. The number of nitriles is 1. The van der Waals surface area contributed by atoms with E-state index in [1.807, 2.05) is 13.8 Å². The average molecular weight is 476 g/mol. The number of nitrogens with zero attached hydrogens (tertiary/aromatic N) is 3. The number of anilines is 4. The van der Waals surface area contributed by atoms with Gasteiger partial charge < -0.3 is 25.9 Å². The Hall–Kier alpha value is -3.92. The fourth-order valence-electron chi connectivity index (χ4n) is 2.76. The number of primary amides is 1. The van der Waals surface area contributed by atoms with Crippen LogP contribution in [0.3, 0.4) is 0 Å². The van der Waals surface area contributed by atoms with Crippen molar-refractivity contribution in [2.24, 2.45) is 5.73 Å². The minimum Gasteiger partial charge on any atom is -0.380 e. The second-order valence-corrected chi connectivity index (χ2v) is 8.56. The Morgan fingerprint density at radius 3 is 2.55 bits per heavy atom. The number of carbonyl (C=O) groups is 2. The van der Waals surface area contributed by atoms with Crippen molar-refractivity contribution in [3.05, 3.63) is 30.0 Å². The molecule has 0 aliphatic rings. The number of hydrogen-bond acceptors (Lipinski definition) is 10. The van der Waals surface area contributed by atoms with Crippen LogP contribution in [0.15, 0.2) is 24.4 Å². The molecule has 0 saturated heterocycles. The Balaban J connectivity index is 2.39. The molecular weight excluding hydrogens is 450 g/mol. The van der Waals surface area contributed by atoms with E-state index in [9.17, 15) is 18.0 Å². The van der Waals surface area contributed by atoms with Crippen LogP contribution in [0.5, 0.6) is 5.75 Å². The predicted octanol–water partition coefficient (Wildman–Crippen LogP) is 2.11. The average Bonchev–Trinajstić information content (AvgIpc) is 2.73. The first kappa shape index (κ1) is 25.3. The van der Waals surface area contributed by atoms with Crippen LogP contribution in [0, 0.1) is 11.3 Å². The van der Waals surface area contributed by atoms with Crippen LogP contribution >= 0.6 is 0 Å². The van der Waals surface area contributed by atoms with E-state index in [0.717, 1.165) is 19.1 Å². The zero-order valence-electron chi connectivity index (χ0n) is 18.4. The molecule has 0 fully saturated rings. The maximum atomic E-state index is 11.9. The summed E-state index contributed by atoms with van der Waals surface area (Å²) in [5.74, 6) is -1.06. The van der Waals surface area contributed by atoms with Crippen LogP contribution in [0.25, 0.3) is 0 Å². The number of rotatable bonds is 11. The molecule has 2 rings (SSSR count). The van der Waals surface area contributed by atoms with E-state index in [4.69, 9.17) is 15.2 Å². The van der Waals surface area contributed by atoms with Gasteiger partial charge in [0.25, 0.3) is 5.91 Å². The summed E-state index contributed by atoms with van der Waals surface area (Å²) in [7, 11) is -3.87. The molecule has 1 aromatic carbocycles. The molecule has 12 nitrogen and oxygen atoms in total. The van der Waals surface area contributed by atoms with Gasteiger partial charge in [0.05, 0.1) is 23.6 Å². The van der Waals surface area contributed by atoms with Gasteiger partial charge in [0.2, 0.25) is 11.9 Å². The maximum Gasteiger partial charge on any atom is 0.306 e. The van der Waals surface area contributed by atoms with Gasteiger partial charge in [-0.2, -0.15) is 18.7 Å². The highest BCUT2D eigenvalue weighted by atomic mass is 32.2. The summed E-state index contributed by atoms with van der Waals surface area (Å²) in [5, 5.41) is 17.2. The molecule has 13 heteroatoms. The van der Waals surface area contributed by atoms with Gasteiger partial charge in [-0.3, -0.25) is 9.59 Å². The van der Waals surface area contributed by atoms with Crippen molar-refractivity contribution in [2.45, 2.75) is 39.2 Å². The van der Waals surface area contributed by atoms with E-state index in [-0.39, 0.29) is 34.8 Å². The van der Waals surface area contributed by atoms with Crippen LogP contribution < -0.4 is 25.9 Å². The van der Waals surface area contributed by atoms with Crippen molar-refractivity contribution in [1.82, 2.24) is 9.97 Å². The van der Waals surface area contributed by atoms with Crippen molar-refractivity contribution < 1.29 is 22.2 Å². The van der Waals surface area contributed by atoms with Gasteiger partial charge in [-0.15, -0.1) is 0 Å². The van der Waals surface area contributed by atoms with E-state index in [2.05, 4.69) is 25.9 Å². The maximum absolute atomic E-state index is 11.9. The summed E-state index contributed by atoms with van der Waals surface area (Å²) in [5.41, 5.74) is 5.96. The van der Waals surface area contributed by atoms with Crippen molar-refractivity contribution >= 4 is 45.1 Å². The quantitative estimate of drug-likeness (QED) is 0.350. The van der Waals surface area contributed by atoms with Crippen LogP contribution in [0.4, 0.5) is 23.1 Å². The van der Waals surface area contributed by atoms with Crippen molar-refractivity contribution in [3.8, 4) is 11.8 Å². The molecular formula is C20H25N7O5S. The van der Waals surface area contributed by atoms with Crippen molar-refractivity contribution in [1.29, 1.82) is 5.26 Å². The molecule has 0 unspecified atom stereocenters. The van der Waals surface area contributed by atoms with Gasteiger partial charge in [-0.25, -0.2) is 4.98 Å². The Labute approximate surface area is 191 Å². The molecule has 0 spiro atoms. The minimum absolute atomic E-state index is 0.0230. The Morgan fingerprint density at radius 1 is 1.27 bits per heavy atom. The number of benzene rings is 1. The second-order valence-electron chi connectivity index (χ2n) is 6.98. The molecule has 1 heterocycles. The lowest BCUT2D eigenvalue weighted by atomic mass is 10.1.